The van der Waals surface area contributed by atoms with Gasteiger partial charge in [0.05, 0.1) is 23.8 Å². The number of aromatic hydroxyl groups is 1. The average molecular weight is 688 g/mol. The van der Waals surface area contributed by atoms with Gasteiger partial charge in [-0.15, -0.1) is 0 Å². The minimum atomic E-state index is -1.11. The van der Waals surface area contributed by atoms with E-state index in [0.717, 1.165) is 0 Å². The van der Waals surface area contributed by atoms with Crippen molar-refractivity contribution in [1.29, 1.82) is 0 Å². The van der Waals surface area contributed by atoms with E-state index in [9.17, 15) is 29.1 Å². The number of hydrogen-bond acceptors (Lipinski definition) is 9. The Hall–Kier alpha value is -5.53. The Morgan fingerprint density at radius 1 is 1.02 bits per heavy atom. The van der Waals surface area contributed by atoms with Crippen molar-refractivity contribution in [2.45, 2.75) is 64.1 Å². The molecule has 2 heterocycles. The maximum absolute atomic E-state index is 13.7. The first kappa shape index (κ1) is 37.3. The van der Waals surface area contributed by atoms with Crippen LogP contribution in [0.2, 0.25) is 0 Å². The van der Waals surface area contributed by atoms with Crippen molar-refractivity contribution in [3.63, 3.8) is 0 Å². The van der Waals surface area contributed by atoms with Crippen LogP contribution in [0.25, 0.3) is 0 Å². The number of aromatic nitrogens is 2. The number of rotatable bonds is 8. The van der Waals surface area contributed by atoms with E-state index in [2.05, 4.69) is 31.2 Å². The smallest absolute Gasteiger partial charge is 0.255 e. The lowest BCUT2D eigenvalue weighted by molar-refractivity contribution is -0.138. The third-order valence-corrected chi connectivity index (χ3v) is 8.04. The third-order valence-electron chi connectivity index (χ3n) is 8.04. The largest absolute Gasteiger partial charge is 0.508 e. The minimum Gasteiger partial charge on any atom is -0.508 e. The zero-order chi connectivity index (χ0) is 36.0. The van der Waals surface area contributed by atoms with Crippen LogP contribution in [0.4, 0.5) is 0 Å². The standard InChI is InChI=1S/C36H45N7O7/c1-23(2)18-26-22-50-31-7-5-4-6-28(31)34(47)42-29(35(48)39-15-14-25-20-37-16-17-38-25)12-13-32(45)41-30(19-24-8-10-27(44)11-9-24)36(49)43(3)21-33(46)40-26/h4-11,16-17,20,23,26,29-30,44H,12-15,18-19,21-22H2,1-3H3,(H,39,48)(H,40,46)(H,41,45)(H,42,47)/t26-,29-,30-/m0/s1. The lowest BCUT2D eigenvalue weighted by Gasteiger charge is -2.27. The Labute approximate surface area is 291 Å². The molecular weight excluding hydrogens is 642 g/mol. The zero-order valence-corrected chi connectivity index (χ0v) is 28.6. The molecule has 266 valence electrons. The van der Waals surface area contributed by atoms with Crippen molar-refractivity contribution in [1.82, 2.24) is 36.1 Å². The summed E-state index contributed by atoms with van der Waals surface area (Å²) in [4.78, 5) is 76.8. The van der Waals surface area contributed by atoms with E-state index in [4.69, 9.17) is 4.74 Å². The molecule has 0 aliphatic carbocycles. The van der Waals surface area contributed by atoms with Crippen molar-refractivity contribution in [3.05, 3.63) is 83.9 Å². The molecule has 2 aromatic carbocycles. The first-order chi connectivity index (χ1) is 24.0. The van der Waals surface area contributed by atoms with Gasteiger partial charge in [0.2, 0.25) is 23.6 Å². The van der Waals surface area contributed by atoms with E-state index in [-0.39, 0.29) is 61.9 Å². The van der Waals surface area contributed by atoms with E-state index < -0.39 is 47.7 Å². The number of amides is 5. The van der Waals surface area contributed by atoms with E-state index >= 15 is 0 Å². The maximum atomic E-state index is 13.7. The van der Waals surface area contributed by atoms with Crippen LogP contribution in [0.15, 0.2) is 67.1 Å². The van der Waals surface area contributed by atoms with Crippen molar-refractivity contribution in [2.75, 3.05) is 26.7 Å². The molecule has 3 aromatic rings. The van der Waals surface area contributed by atoms with Gasteiger partial charge in [0, 0.05) is 51.4 Å². The van der Waals surface area contributed by atoms with Gasteiger partial charge in [-0.3, -0.25) is 33.9 Å². The summed E-state index contributed by atoms with van der Waals surface area (Å²) in [6.07, 6.45) is 5.46. The van der Waals surface area contributed by atoms with Crippen LogP contribution < -0.4 is 26.0 Å². The molecule has 3 atom stereocenters. The monoisotopic (exact) mass is 687 g/mol. The predicted molar refractivity (Wildman–Crippen MR) is 184 cm³/mol. The summed E-state index contributed by atoms with van der Waals surface area (Å²) in [6, 6.07) is 10.2. The van der Waals surface area contributed by atoms with Crippen LogP contribution >= 0.6 is 0 Å². The van der Waals surface area contributed by atoms with Gasteiger partial charge >= 0.3 is 0 Å². The first-order valence-electron chi connectivity index (χ1n) is 16.7. The fourth-order valence-electron chi connectivity index (χ4n) is 5.55. The Bertz CT molecular complexity index is 1620. The molecule has 0 radical (unpaired) electrons. The second kappa shape index (κ2) is 18.3. The molecule has 50 heavy (non-hydrogen) atoms. The number of nitrogens with one attached hydrogen (secondary N) is 4. The SMILES string of the molecule is CC(C)C[C@H]1COc2ccccc2C(=O)N[C@H](C(=O)NCCc2cnccn2)CCC(=O)N[C@@H](Cc2ccc(O)cc2)C(=O)N(C)CC(=O)N1. The molecule has 4 rings (SSSR count). The molecule has 1 aromatic heterocycles. The predicted octanol–water partition coefficient (Wildman–Crippen LogP) is 1.53. The fourth-order valence-corrected chi connectivity index (χ4v) is 5.55. The number of carbonyl (C=O) groups is 5. The van der Waals surface area contributed by atoms with Gasteiger partial charge < -0.3 is 36.0 Å². The molecule has 0 spiro atoms. The summed E-state index contributed by atoms with van der Waals surface area (Å²) in [5.74, 6) is -2.02. The summed E-state index contributed by atoms with van der Waals surface area (Å²) in [5.41, 5.74) is 1.53. The fraction of sp³-hybridized carbons (Fsp3) is 0.417. The van der Waals surface area contributed by atoms with Gasteiger partial charge in [0.25, 0.3) is 5.91 Å². The summed E-state index contributed by atoms with van der Waals surface area (Å²) in [7, 11) is 1.48. The number of phenols is 1. The molecule has 5 amide bonds. The van der Waals surface area contributed by atoms with Gasteiger partial charge in [-0.2, -0.15) is 0 Å². The minimum absolute atomic E-state index is 0.0493. The topological polar surface area (TPSA) is 192 Å². The van der Waals surface area contributed by atoms with E-state index in [1.165, 1.54) is 24.1 Å². The lowest BCUT2D eigenvalue weighted by Crippen LogP contribution is -2.52. The quantitative estimate of drug-likeness (QED) is 0.234. The van der Waals surface area contributed by atoms with E-state index in [0.29, 0.717) is 24.1 Å². The van der Waals surface area contributed by atoms with Crippen molar-refractivity contribution < 1.29 is 33.8 Å². The Kier molecular flexibility index (Phi) is 13.6. The maximum Gasteiger partial charge on any atom is 0.255 e. The second-order valence-electron chi connectivity index (χ2n) is 12.7. The van der Waals surface area contributed by atoms with Crippen LogP contribution in [0.1, 0.15) is 54.7 Å². The number of benzene rings is 2. The lowest BCUT2D eigenvalue weighted by atomic mass is 10.0. The number of phenolic OH excluding ortho intramolecular Hbond substituents is 1. The summed E-state index contributed by atoms with van der Waals surface area (Å²) in [6.45, 7) is 4.00. The number of nitrogens with zero attached hydrogens (tertiary/aromatic N) is 3. The summed E-state index contributed by atoms with van der Waals surface area (Å²) >= 11 is 0. The number of para-hydroxylation sites is 1. The highest BCUT2D eigenvalue weighted by atomic mass is 16.5. The highest BCUT2D eigenvalue weighted by molar-refractivity contribution is 6.00. The van der Waals surface area contributed by atoms with Crippen LogP contribution in [-0.2, 0) is 32.0 Å². The Morgan fingerprint density at radius 2 is 1.78 bits per heavy atom. The molecule has 5 N–H and O–H groups in total. The number of carbonyl (C=O) groups excluding carboxylic acids is 5. The molecule has 0 saturated heterocycles. The molecule has 1 aliphatic rings. The molecule has 0 saturated carbocycles. The van der Waals surface area contributed by atoms with Crippen molar-refractivity contribution >= 4 is 29.5 Å². The molecule has 1 aliphatic heterocycles. The van der Waals surface area contributed by atoms with E-state index in [1.807, 2.05) is 13.8 Å². The van der Waals surface area contributed by atoms with Gasteiger partial charge in [-0.25, -0.2) is 0 Å². The molecule has 0 unspecified atom stereocenters. The highest BCUT2D eigenvalue weighted by Crippen LogP contribution is 2.20. The van der Waals surface area contributed by atoms with Crippen molar-refractivity contribution in [3.8, 4) is 11.5 Å². The van der Waals surface area contributed by atoms with Gasteiger partial charge in [-0.05, 0) is 48.6 Å². The average Bonchev–Trinajstić information content (AvgIpc) is 3.09. The summed E-state index contributed by atoms with van der Waals surface area (Å²) in [5, 5.41) is 21.0. The second-order valence-corrected chi connectivity index (χ2v) is 12.7. The van der Waals surface area contributed by atoms with Gasteiger partial charge in [0.1, 0.15) is 30.2 Å². The Balaban J connectivity index is 1.61. The van der Waals surface area contributed by atoms with Crippen LogP contribution in [0, 0.1) is 5.92 Å². The zero-order valence-electron chi connectivity index (χ0n) is 28.6. The van der Waals surface area contributed by atoms with E-state index in [1.54, 1.807) is 55.0 Å². The normalized spacial score (nSPS) is 19.6. The van der Waals surface area contributed by atoms with Crippen LogP contribution in [0.3, 0.4) is 0 Å². The first-order valence-corrected chi connectivity index (χ1v) is 16.7. The Morgan fingerprint density at radius 3 is 2.50 bits per heavy atom. The van der Waals surface area contributed by atoms with Gasteiger partial charge in [-0.1, -0.05) is 38.1 Å². The van der Waals surface area contributed by atoms with Crippen LogP contribution in [0.5, 0.6) is 11.5 Å². The molecular formula is C36H45N7O7. The number of likely N-dealkylation sites (N-methyl/N-ethyl adjacent to an activating group) is 1. The van der Waals surface area contributed by atoms with Crippen LogP contribution in [-0.4, -0.2) is 94.4 Å². The van der Waals surface area contributed by atoms with Crippen molar-refractivity contribution in [2.24, 2.45) is 5.92 Å². The molecule has 0 bridgehead atoms. The number of fused-ring (bicyclic) bond motifs is 1. The molecule has 14 nitrogen and oxygen atoms in total. The van der Waals surface area contributed by atoms with Gasteiger partial charge in [0.15, 0.2) is 0 Å². The number of ether oxygens (including phenoxy) is 1. The summed E-state index contributed by atoms with van der Waals surface area (Å²) < 4.78 is 6.08. The number of hydrogen-bond donors (Lipinski definition) is 5. The third kappa shape index (κ3) is 11.6. The highest BCUT2D eigenvalue weighted by Gasteiger charge is 2.29. The molecule has 0 fully saturated rings. The molecule has 14 heteroatoms.